The van der Waals surface area contributed by atoms with E-state index in [2.05, 4.69) is 12.2 Å². The smallest absolute Gasteiger partial charge is 0.240 e. The van der Waals surface area contributed by atoms with Gasteiger partial charge in [0.2, 0.25) is 5.91 Å². The van der Waals surface area contributed by atoms with Crippen LogP contribution in [0.4, 0.5) is 0 Å². The largest absolute Gasteiger partial charge is 0.381 e. The minimum atomic E-state index is -0.680. The Hall–Kier alpha value is -0.610. The van der Waals surface area contributed by atoms with Gasteiger partial charge in [0, 0.05) is 19.3 Å². The van der Waals surface area contributed by atoms with Crippen molar-refractivity contribution in [3.63, 3.8) is 0 Å². The van der Waals surface area contributed by atoms with Crippen LogP contribution in [0.1, 0.15) is 26.2 Å². The van der Waals surface area contributed by atoms with Crippen molar-refractivity contribution < 1.29 is 9.53 Å². The molecule has 0 aromatic rings. The number of carbonyl (C=O) groups is 1. The first-order chi connectivity index (χ1) is 6.62. The van der Waals surface area contributed by atoms with Crippen LogP contribution < -0.4 is 11.1 Å². The summed E-state index contributed by atoms with van der Waals surface area (Å²) < 4.78 is 5.20. The fraction of sp³-hybridized carbons (Fsp3) is 0.900. The van der Waals surface area contributed by atoms with E-state index < -0.39 is 5.54 Å². The molecule has 80 valence electrons. The van der Waals surface area contributed by atoms with Crippen molar-refractivity contribution in [2.45, 2.75) is 37.8 Å². The number of ether oxygens (including phenoxy) is 1. The molecule has 2 aliphatic rings. The number of carbonyl (C=O) groups excluding carboxylic acids is 1. The molecule has 2 atom stereocenters. The third-order valence-corrected chi connectivity index (χ3v) is 3.26. The first-order valence-electron chi connectivity index (χ1n) is 5.29. The van der Waals surface area contributed by atoms with Crippen LogP contribution in [0.5, 0.6) is 0 Å². The van der Waals surface area contributed by atoms with Crippen molar-refractivity contribution in [1.82, 2.24) is 5.32 Å². The molecule has 2 fully saturated rings. The summed E-state index contributed by atoms with van der Waals surface area (Å²) in [5, 5.41) is 2.99. The van der Waals surface area contributed by atoms with Crippen LogP contribution in [0.2, 0.25) is 0 Å². The number of nitrogens with one attached hydrogen (secondary N) is 1. The fourth-order valence-corrected chi connectivity index (χ4v) is 1.80. The zero-order valence-corrected chi connectivity index (χ0v) is 8.58. The van der Waals surface area contributed by atoms with Gasteiger partial charge in [-0.1, -0.05) is 6.92 Å². The van der Waals surface area contributed by atoms with Gasteiger partial charge in [-0.15, -0.1) is 0 Å². The molecule has 1 aliphatic carbocycles. The highest BCUT2D eigenvalue weighted by molar-refractivity contribution is 5.86. The summed E-state index contributed by atoms with van der Waals surface area (Å²) in [4.78, 5) is 11.8. The summed E-state index contributed by atoms with van der Waals surface area (Å²) in [7, 11) is 0. The number of hydrogen-bond donors (Lipinski definition) is 2. The zero-order chi connectivity index (χ0) is 10.2. The van der Waals surface area contributed by atoms with Gasteiger partial charge in [0.1, 0.15) is 0 Å². The lowest BCUT2D eigenvalue weighted by molar-refractivity contribution is -0.129. The summed E-state index contributed by atoms with van der Waals surface area (Å²) in [6.45, 7) is 3.34. The van der Waals surface area contributed by atoms with Gasteiger partial charge in [0.25, 0.3) is 0 Å². The van der Waals surface area contributed by atoms with E-state index in [9.17, 15) is 4.79 Å². The topological polar surface area (TPSA) is 64.4 Å². The van der Waals surface area contributed by atoms with Gasteiger partial charge < -0.3 is 15.8 Å². The van der Waals surface area contributed by atoms with E-state index in [0.29, 0.717) is 38.0 Å². The molecule has 0 spiro atoms. The number of rotatable bonds is 2. The summed E-state index contributed by atoms with van der Waals surface area (Å²) in [5.74, 6) is 0.637. The second-order valence-corrected chi connectivity index (χ2v) is 4.56. The van der Waals surface area contributed by atoms with Crippen LogP contribution >= 0.6 is 0 Å². The maximum atomic E-state index is 11.8. The van der Waals surface area contributed by atoms with Crippen LogP contribution in [0, 0.1) is 5.92 Å². The molecule has 3 N–H and O–H groups in total. The van der Waals surface area contributed by atoms with E-state index in [0.717, 1.165) is 6.42 Å². The summed E-state index contributed by atoms with van der Waals surface area (Å²) in [5.41, 5.74) is 5.35. The van der Waals surface area contributed by atoms with Crippen molar-refractivity contribution in [3.05, 3.63) is 0 Å². The molecule has 1 heterocycles. The highest BCUT2D eigenvalue weighted by Gasteiger charge is 2.41. The molecule has 1 amide bonds. The van der Waals surface area contributed by atoms with Gasteiger partial charge in [-0.2, -0.15) is 0 Å². The predicted octanol–water partition coefficient (Wildman–Crippen LogP) is 0.0189. The first-order valence-corrected chi connectivity index (χ1v) is 5.29. The van der Waals surface area contributed by atoms with Crippen LogP contribution in [0.3, 0.4) is 0 Å². The molecule has 0 aromatic heterocycles. The Kier molecular flexibility index (Phi) is 2.49. The molecular formula is C10H18N2O2. The van der Waals surface area contributed by atoms with E-state index in [1.54, 1.807) is 0 Å². The van der Waals surface area contributed by atoms with Gasteiger partial charge >= 0.3 is 0 Å². The Morgan fingerprint density at radius 2 is 2.07 bits per heavy atom. The van der Waals surface area contributed by atoms with Crippen LogP contribution in [0.25, 0.3) is 0 Å². The van der Waals surface area contributed by atoms with Gasteiger partial charge in [-0.05, 0) is 25.2 Å². The van der Waals surface area contributed by atoms with E-state index in [1.165, 1.54) is 0 Å². The van der Waals surface area contributed by atoms with Gasteiger partial charge in [0.15, 0.2) is 0 Å². The SMILES string of the molecule is CC1CC1NC(=O)C1(N)CCOCC1. The molecule has 1 saturated carbocycles. The molecule has 4 heteroatoms. The average Bonchev–Trinajstić information content (AvgIpc) is 2.83. The Morgan fingerprint density at radius 1 is 1.50 bits per heavy atom. The molecule has 14 heavy (non-hydrogen) atoms. The third kappa shape index (κ3) is 1.91. The van der Waals surface area contributed by atoms with Crippen LogP contribution in [-0.2, 0) is 9.53 Å². The predicted molar refractivity (Wildman–Crippen MR) is 52.7 cm³/mol. The van der Waals surface area contributed by atoms with E-state index in [4.69, 9.17) is 10.5 Å². The highest BCUT2D eigenvalue weighted by atomic mass is 16.5. The molecule has 4 nitrogen and oxygen atoms in total. The number of nitrogens with two attached hydrogens (primary N) is 1. The average molecular weight is 198 g/mol. The molecule has 2 rings (SSSR count). The van der Waals surface area contributed by atoms with Gasteiger partial charge in [-0.3, -0.25) is 4.79 Å². The van der Waals surface area contributed by atoms with E-state index in [1.807, 2.05) is 0 Å². The number of hydrogen-bond acceptors (Lipinski definition) is 3. The van der Waals surface area contributed by atoms with Crippen molar-refractivity contribution in [3.8, 4) is 0 Å². The lowest BCUT2D eigenvalue weighted by Gasteiger charge is -2.31. The molecule has 2 unspecified atom stereocenters. The maximum Gasteiger partial charge on any atom is 0.240 e. The van der Waals surface area contributed by atoms with Crippen molar-refractivity contribution >= 4 is 5.91 Å². The Morgan fingerprint density at radius 3 is 2.57 bits per heavy atom. The maximum absolute atomic E-state index is 11.8. The summed E-state index contributed by atoms with van der Waals surface area (Å²) >= 11 is 0. The molecule has 0 radical (unpaired) electrons. The highest BCUT2D eigenvalue weighted by Crippen LogP contribution is 2.30. The summed E-state index contributed by atoms with van der Waals surface area (Å²) in [6, 6.07) is 0.366. The Balaban J connectivity index is 1.88. The quantitative estimate of drug-likeness (QED) is 0.657. The number of amides is 1. The minimum absolute atomic E-state index is 0.00940. The zero-order valence-electron chi connectivity index (χ0n) is 8.58. The second-order valence-electron chi connectivity index (χ2n) is 4.56. The third-order valence-electron chi connectivity index (χ3n) is 3.26. The second kappa shape index (κ2) is 3.51. The fourth-order valence-electron chi connectivity index (χ4n) is 1.80. The van der Waals surface area contributed by atoms with Crippen molar-refractivity contribution in [2.75, 3.05) is 13.2 Å². The Bertz CT molecular complexity index is 236. The van der Waals surface area contributed by atoms with Crippen molar-refractivity contribution in [2.24, 2.45) is 11.7 Å². The summed E-state index contributed by atoms with van der Waals surface area (Å²) in [6.07, 6.45) is 2.37. The first kappa shape index (κ1) is 9.93. The normalized spacial score (nSPS) is 35.0. The Labute approximate surface area is 84.2 Å². The van der Waals surface area contributed by atoms with Gasteiger partial charge in [0.05, 0.1) is 5.54 Å². The molecule has 1 aliphatic heterocycles. The molecule has 0 bridgehead atoms. The van der Waals surface area contributed by atoms with E-state index in [-0.39, 0.29) is 5.91 Å². The lowest BCUT2D eigenvalue weighted by atomic mass is 9.90. The monoisotopic (exact) mass is 198 g/mol. The van der Waals surface area contributed by atoms with Gasteiger partial charge in [-0.25, -0.2) is 0 Å². The van der Waals surface area contributed by atoms with Crippen LogP contribution in [0.15, 0.2) is 0 Å². The van der Waals surface area contributed by atoms with Crippen molar-refractivity contribution in [1.29, 1.82) is 0 Å². The van der Waals surface area contributed by atoms with Crippen LogP contribution in [-0.4, -0.2) is 30.7 Å². The van der Waals surface area contributed by atoms with E-state index >= 15 is 0 Å². The molecule has 1 saturated heterocycles. The molecule has 0 aromatic carbocycles. The minimum Gasteiger partial charge on any atom is -0.381 e. The molecular weight excluding hydrogens is 180 g/mol. The lowest BCUT2D eigenvalue weighted by Crippen LogP contribution is -2.57. The standard InChI is InChI=1S/C10H18N2O2/c1-7-6-8(7)12-9(13)10(11)2-4-14-5-3-10/h7-8H,2-6,11H2,1H3,(H,12,13).